The fourth-order valence-corrected chi connectivity index (χ4v) is 9.05. The number of rotatable bonds is 9. The first-order valence-electron chi connectivity index (χ1n) is 24.3. The van der Waals surface area contributed by atoms with E-state index in [2.05, 4.69) is 236 Å². The Morgan fingerprint density at radius 3 is 1.72 bits per heavy atom. The van der Waals surface area contributed by atoms with Crippen molar-refractivity contribution in [1.82, 2.24) is 14.5 Å². The van der Waals surface area contributed by atoms with Crippen molar-refractivity contribution in [2.45, 2.75) is 138 Å². The van der Waals surface area contributed by atoms with E-state index in [1.165, 1.54) is 22.3 Å². The van der Waals surface area contributed by atoms with Gasteiger partial charge in [0.05, 0.1) is 22.3 Å². The smallest absolute Gasteiger partial charge is 0.148 e. The van der Waals surface area contributed by atoms with Crippen LogP contribution in [-0.2, 0) is 37.3 Å². The number of hydrogen-bond donors (Lipinski definition) is 1. The third-order valence-corrected chi connectivity index (χ3v) is 13.5. The summed E-state index contributed by atoms with van der Waals surface area (Å²) in [5.41, 5.74) is 18.6. The molecule has 0 radical (unpaired) electrons. The van der Waals surface area contributed by atoms with E-state index in [1.807, 2.05) is 6.20 Å². The van der Waals surface area contributed by atoms with Gasteiger partial charge in [0, 0.05) is 38.5 Å². The van der Waals surface area contributed by atoms with Gasteiger partial charge >= 0.3 is 0 Å². The van der Waals surface area contributed by atoms with Gasteiger partial charge in [-0.15, -0.1) is 29.3 Å². The molecule has 0 fully saturated rings. The van der Waals surface area contributed by atoms with E-state index in [4.69, 9.17) is 9.97 Å². The van der Waals surface area contributed by atoms with Gasteiger partial charge in [0.1, 0.15) is 11.6 Å². The molecule has 0 atom stereocenters. The third kappa shape index (κ3) is 10.1. The number of phenolic OH excluding ortho intramolecular Hbond substituents is 1. The zero-order chi connectivity index (χ0) is 48.3. The molecule has 0 aliphatic rings. The molecule has 1 N–H and O–H groups in total. The average molecular weight is 1080 g/mol. The number of pyridine rings is 1. The molecule has 2 aromatic heterocycles. The Labute approximate surface area is 421 Å². The van der Waals surface area contributed by atoms with Crippen LogP contribution < -0.4 is 0 Å². The summed E-state index contributed by atoms with van der Waals surface area (Å²) in [6, 6.07) is 48.3. The van der Waals surface area contributed by atoms with Gasteiger partial charge in [0.15, 0.2) is 0 Å². The number of imidazole rings is 1. The number of fused-ring (bicyclic) bond motifs is 1. The van der Waals surface area contributed by atoms with Crippen LogP contribution in [0.1, 0.15) is 155 Å². The van der Waals surface area contributed by atoms with Gasteiger partial charge in [-0.1, -0.05) is 194 Å². The molecule has 0 bridgehead atoms. The first kappa shape index (κ1) is 50.3. The first-order valence-corrected chi connectivity index (χ1v) is 24.3. The average Bonchev–Trinajstić information content (AvgIpc) is 3.67. The monoisotopic (exact) mass is 1080 g/mol. The van der Waals surface area contributed by atoms with Gasteiger partial charge in [-0.05, 0) is 109 Å². The van der Waals surface area contributed by atoms with Crippen LogP contribution in [0.4, 0.5) is 0 Å². The second-order valence-electron chi connectivity index (χ2n) is 22.7. The van der Waals surface area contributed by atoms with E-state index in [1.54, 1.807) is 0 Å². The predicted octanol–water partition coefficient (Wildman–Crippen LogP) is 17.5. The number of aromatic nitrogens is 3. The Bertz CT molecular complexity index is 3090. The van der Waals surface area contributed by atoms with E-state index in [0.717, 1.165) is 78.0 Å². The molecule has 0 saturated heterocycles. The van der Waals surface area contributed by atoms with Crippen LogP contribution in [-0.4, -0.2) is 19.6 Å². The van der Waals surface area contributed by atoms with Crippen LogP contribution >= 0.6 is 0 Å². The number of benzene rings is 6. The van der Waals surface area contributed by atoms with Crippen molar-refractivity contribution in [2.24, 2.45) is 0 Å². The number of nitrogens with zero attached hydrogens (tertiary/aromatic N) is 3. The van der Waals surface area contributed by atoms with Gasteiger partial charge in [-0.2, -0.15) is 0 Å². The fourth-order valence-electron chi connectivity index (χ4n) is 9.05. The van der Waals surface area contributed by atoms with Gasteiger partial charge < -0.3 is 5.11 Å². The molecule has 0 saturated carbocycles. The van der Waals surface area contributed by atoms with Crippen LogP contribution in [0.3, 0.4) is 0 Å². The molecule has 0 aliphatic heterocycles. The zero-order valence-electron chi connectivity index (χ0n) is 43.0. The molecule has 4 nitrogen and oxygen atoms in total. The molecule has 6 aromatic carbocycles. The minimum atomic E-state index is -0.163. The normalized spacial score (nSPS) is 12.4. The van der Waals surface area contributed by atoms with Crippen molar-refractivity contribution >= 4 is 11.0 Å². The summed E-state index contributed by atoms with van der Waals surface area (Å²) < 4.78 is 2.30. The maximum atomic E-state index is 12.4. The number of hydrogen-bond acceptors (Lipinski definition) is 3. The molecule has 2 heterocycles. The molecular formula is C63H70N3OPt-. The zero-order valence-corrected chi connectivity index (χ0v) is 45.2. The molecule has 0 aliphatic carbocycles. The predicted molar refractivity (Wildman–Crippen MR) is 285 cm³/mol. The van der Waals surface area contributed by atoms with Crippen molar-refractivity contribution in [2.75, 3.05) is 0 Å². The number of phenols is 1. The molecule has 0 spiro atoms. The van der Waals surface area contributed by atoms with E-state index in [-0.39, 0.29) is 54.9 Å². The third-order valence-electron chi connectivity index (χ3n) is 13.5. The second kappa shape index (κ2) is 19.1. The van der Waals surface area contributed by atoms with E-state index >= 15 is 0 Å². The number of para-hydroxylation sites is 1. The summed E-state index contributed by atoms with van der Waals surface area (Å²) >= 11 is 0. The van der Waals surface area contributed by atoms with Crippen molar-refractivity contribution in [3.63, 3.8) is 0 Å². The molecule has 0 unspecified atom stereocenters. The van der Waals surface area contributed by atoms with E-state index in [9.17, 15) is 5.11 Å². The van der Waals surface area contributed by atoms with Crippen LogP contribution in [0, 0.1) is 6.07 Å². The van der Waals surface area contributed by atoms with Crippen molar-refractivity contribution in [3.8, 4) is 67.5 Å². The van der Waals surface area contributed by atoms with Gasteiger partial charge in [-0.25, -0.2) is 4.98 Å². The van der Waals surface area contributed by atoms with Crippen LogP contribution in [0.5, 0.6) is 5.75 Å². The minimum Gasteiger partial charge on any atom is -0.507 e. The van der Waals surface area contributed by atoms with E-state index in [0.29, 0.717) is 11.7 Å². The van der Waals surface area contributed by atoms with Crippen molar-refractivity contribution < 1.29 is 26.2 Å². The first-order chi connectivity index (χ1) is 31.5. The standard InChI is InChI=1S/C63H70N3O.Pt/c1-38(2)41-19-21-42(22-20-41)44-29-30-64-55(36-44)47-31-46(32-50(33-47)63(13,14)15)51-17-16-18-57-58(51)65-60(54-35-45(39(3)4)34-52(40(5)6)59(54)67)66(57)56-28-27-49(62(10,11)12)37-53(56)43-23-25-48(26-24-43)61(7,8)9;/h16-30,32-40,67H,1-15H3;/q-1;. The van der Waals surface area contributed by atoms with Crippen molar-refractivity contribution in [3.05, 3.63) is 167 Å². The molecule has 8 aromatic rings. The minimum absolute atomic E-state index is 0. The van der Waals surface area contributed by atoms with Gasteiger partial charge in [0.25, 0.3) is 0 Å². The van der Waals surface area contributed by atoms with Crippen LogP contribution in [0.2, 0.25) is 0 Å². The van der Waals surface area contributed by atoms with Crippen LogP contribution in [0.15, 0.2) is 128 Å². The maximum Gasteiger partial charge on any atom is 0.148 e. The SMILES string of the molecule is CC(C)c1ccc(-c2ccnc(-c3[c-]c(-c4cccc5c4nc(-c4cc(C(C)C)cc(C(C)C)c4O)n5-c4ccc(C(C)(C)C)cc4-c4ccc(C(C)(C)C)cc4)cc(C(C)(C)C)c3)c2)cc1.[Pt]. The Hall–Kier alpha value is -5.57. The van der Waals surface area contributed by atoms with Gasteiger partial charge in [-0.3, -0.25) is 9.55 Å². The summed E-state index contributed by atoms with van der Waals surface area (Å²) in [6.45, 7) is 33.6. The molecule has 8 rings (SSSR count). The Kier molecular flexibility index (Phi) is 14.1. The van der Waals surface area contributed by atoms with E-state index < -0.39 is 0 Å². The molecule has 68 heavy (non-hydrogen) atoms. The fraction of sp³-hybridized carbons (Fsp3) is 0.333. The largest absolute Gasteiger partial charge is 0.507 e. The molecule has 0 amide bonds. The summed E-state index contributed by atoms with van der Waals surface area (Å²) in [6.07, 6.45) is 1.91. The van der Waals surface area contributed by atoms with Crippen molar-refractivity contribution in [1.29, 1.82) is 0 Å². The molecule has 354 valence electrons. The van der Waals surface area contributed by atoms with Gasteiger partial charge in [0.2, 0.25) is 0 Å². The summed E-state index contributed by atoms with van der Waals surface area (Å²) in [7, 11) is 0. The molecular weight excluding hydrogens is 1010 g/mol. The summed E-state index contributed by atoms with van der Waals surface area (Å²) in [5, 5.41) is 12.4. The quantitative estimate of drug-likeness (QED) is 0.147. The molecule has 5 heteroatoms. The second-order valence-corrected chi connectivity index (χ2v) is 22.7. The maximum absolute atomic E-state index is 12.4. The number of aromatic hydroxyl groups is 1. The van der Waals surface area contributed by atoms with Crippen LogP contribution in [0.25, 0.3) is 72.7 Å². The topological polar surface area (TPSA) is 50.9 Å². The summed E-state index contributed by atoms with van der Waals surface area (Å²) in [4.78, 5) is 10.6. The Morgan fingerprint density at radius 1 is 0.515 bits per heavy atom. The Morgan fingerprint density at radius 2 is 1.12 bits per heavy atom. The summed E-state index contributed by atoms with van der Waals surface area (Å²) in [5.74, 6) is 1.79. The Balaban J connectivity index is 0.00000684.